The molecule has 0 bridgehead atoms. The van der Waals surface area contributed by atoms with Crippen LogP contribution >= 0.6 is 23.2 Å². The number of rotatable bonds is 2. The van der Waals surface area contributed by atoms with Gasteiger partial charge in [-0.1, -0.05) is 23.2 Å². The van der Waals surface area contributed by atoms with Crippen LogP contribution < -0.4 is 0 Å². The van der Waals surface area contributed by atoms with Gasteiger partial charge in [-0.3, -0.25) is 0 Å². The fraction of sp³-hybridized carbons (Fsp3) is 0. The van der Waals surface area contributed by atoms with E-state index >= 15 is 0 Å². The summed E-state index contributed by atoms with van der Waals surface area (Å²) in [6.07, 6.45) is 0. The topological polar surface area (TPSA) is 80.9 Å². The minimum Gasteiger partial charge on any atom is -0.475 e. The Bertz CT molecular complexity index is 555. The molecule has 2 rings (SSSR count). The van der Waals surface area contributed by atoms with Crippen molar-refractivity contribution in [3.63, 3.8) is 0 Å². The normalized spacial score (nSPS) is 10.4. The number of hydrogen-bond acceptors (Lipinski definition) is 4. The molecule has 0 spiro atoms. The number of aromatic carboxylic acids is 1. The maximum Gasteiger partial charge on any atom is 0.376 e. The van der Waals surface area contributed by atoms with Crippen LogP contribution in [0.15, 0.2) is 18.2 Å². The molecule has 0 aliphatic carbocycles. The van der Waals surface area contributed by atoms with Crippen LogP contribution in [0, 0.1) is 0 Å². The molecule has 0 saturated heterocycles. The lowest BCUT2D eigenvalue weighted by molar-refractivity contribution is 0.0680. The summed E-state index contributed by atoms with van der Waals surface area (Å²) >= 11 is 11.5. The van der Waals surface area contributed by atoms with Crippen molar-refractivity contribution in [1.29, 1.82) is 0 Å². The number of hydrogen-bond donors (Lipinski definition) is 1. The summed E-state index contributed by atoms with van der Waals surface area (Å²) in [6, 6.07) is 4.58. The molecular formula is C8H4Cl2N4O2. The number of carboxylic acids is 1. The molecule has 0 atom stereocenters. The molecule has 6 nitrogen and oxygen atoms in total. The highest BCUT2D eigenvalue weighted by atomic mass is 35.5. The predicted octanol–water partition coefficient (Wildman–Crippen LogP) is 1.67. The largest absolute Gasteiger partial charge is 0.475 e. The van der Waals surface area contributed by atoms with Gasteiger partial charge < -0.3 is 5.11 Å². The summed E-state index contributed by atoms with van der Waals surface area (Å²) in [7, 11) is 0. The van der Waals surface area contributed by atoms with E-state index in [0.29, 0.717) is 15.7 Å². The van der Waals surface area contributed by atoms with E-state index in [0.717, 1.165) is 4.68 Å². The molecule has 0 saturated carbocycles. The first-order valence-electron chi connectivity index (χ1n) is 4.06. The Morgan fingerprint density at radius 1 is 1.31 bits per heavy atom. The molecule has 0 amide bonds. The van der Waals surface area contributed by atoms with Crippen LogP contribution in [0.4, 0.5) is 0 Å². The molecule has 82 valence electrons. The standard InChI is InChI=1S/C8H4Cl2N4O2/c9-5-2-1-4(3-6(5)10)14-7(8(15)16)11-12-13-14/h1-3H,(H,15,16). The average molecular weight is 259 g/mol. The summed E-state index contributed by atoms with van der Waals surface area (Å²) in [5.74, 6) is -1.52. The first-order valence-corrected chi connectivity index (χ1v) is 4.82. The summed E-state index contributed by atoms with van der Waals surface area (Å²) < 4.78 is 1.06. The van der Waals surface area contributed by atoms with Gasteiger partial charge in [-0.2, -0.15) is 4.68 Å². The summed E-state index contributed by atoms with van der Waals surface area (Å²) in [5, 5.41) is 19.7. The van der Waals surface area contributed by atoms with Gasteiger partial charge in [0, 0.05) is 0 Å². The number of carboxylic acid groups (broad SMARTS) is 1. The SMILES string of the molecule is O=C(O)c1nnnn1-c1ccc(Cl)c(Cl)c1. The van der Waals surface area contributed by atoms with Crippen molar-refractivity contribution in [3.05, 3.63) is 34.1 Å². The smallest absolute Gasteiger partial charge is 0.376 e. The zero-order valence-electron chi connectivity index (χ0n) is 7.63. The Labute approximate surface area is 99.4 Å². The Balaban J connectivity index is 2.54. The van der Waals surface area contributed by atoms with E-state index in [-0.39, 0.29) is 5.82 Å². The lowest BCUT2D eigenvalue weighted by Gasteiger charge is -2.02. The molecule has 0 aliphatic heterocycles. The van der Waals surface area contributed by atoms with E-state index in [1.54, 1.807) is 6.07 Å². The minimum absolute atomic E-state index is 0.293. The maximum absolute atomic E-state index is 10.8. The fourth-order valence-corrected chi connectivity index (χ4v) is 1.40. The van der Waals surface area contributed by atoms with Crippen molar-refractivity contribution in [1.82, 2.24) is 20.2 Å². The van der Waals surface area contributed by atoms with Crippen molar-refractivity contribution >= 4 is 29.2 Å². The van der Waals surface area contributed by atoms with Crippen molar-refractivity contribution < 1.29 is 9.90 Å². The summed E-state index contributed by atoms with van der Waals surface area (Å²) in [4.78, 5) is 10.8. The van der Waals surface area contributed by atoms with E-state index in [4.69, 9.17) is 28.3 Å². The first-order chi connectivity index (χ1) is 7.59. The van der Waals surface area contributed by atoms with Gasteiger partial charge in [0.2, 0.25) is 0 Å². The first kappa shape index (κ1) is 10.8. The van der Waals surface area contributed by atoms with Gasteiger partial charge in [0.15, 0.2) is 0 Å². The lowest BCUT2D eigenvalue weighted by Crippen LogP contribution is -2.09. The quantitative estimate of drug-likeness (QED) is 0.887. The van der Waals surface area contributed by atoms with Gasteiger partial charge in [0.25, 0.3) is 5.82 Å². The second kappa shape index (κ2) is 4.07. The summed E-state index contributed by atoms with van der Waals surface area (Å²) in [5.41, 5.74) is 0.428. The van der Waals surface area contributed by atoms with Gasteiger partial charge in [-0.05, 0) is 28.6 Å². The van der Waals surface area contributed by atoms with Crippen molar-refractivity contribution in [3.8, 4) is 5.69 Å². The van der Waals surface area contributed by atoms with Crippen LogP contribution in [0.2, 0.25) is 10.0 Å². The fourth-order valence-electron chi connectivity index (χ4n) is 1.11. The molecule has 0 radical (unpaired) electrons. The van der Waals surface area contributed by atoms with Crippen LogP contribution in [0.1, 0.15) is 10.6 Å². The van der Waals surface area contributed by atoms with Crippen molar-refractivity contribution in [2.75, 3.05) is 0 Å². The Hall–Kier alpha value is -1.66. The second-order valence-electron chi connectivity index (χ2n) is 2.82. The van der Waals surface area contributed by atoms with Gasteiger partial charge >= 0.3 is 5.97 Å². The molecule has 0 fully saturated rings. The highest BCUT2D eigenvalue weighted by Crippen LogP contribution is 2.24. The van der Waals surface area contributed by atoms with Gasteiger partial charge in [-0.25, -0.2) is 4.79 Å². The molecule has 8 heteroatoms. The third kappa shape index (κ3) is 1.84. The lowest BCUT2D eigenvalue weighted by atomic mass is 10.3. The number of benzene rings is 1. The van der Waals surface area contributed by atoms with Gasteiger partial charge in [0.05, 0.1) is 15.7 Å². The van der Waals surface area contributed by atoms with E-state index in [9.17, 15) is 4.79 Å². The zero-order chi connectivity index (χ0) is 11.7. The second-order valence-corrected chi connectivity index (χ2v) is 3.63. The van der Waals surface area contributed by atoms with Gasteiger partial charge in [0.1, 0.15) is 0 Å². The molecule has 2 aromatic rings. The van der Waals surface area contributed by atoms with E-state index in [1.165, 1.54) is 12.1 Å². The number of carbonyl (C=O) groups is 1. The monoisotopic (exact) mass is 258 g/mol. The molecule has 0 aliphatic rings. The highest BCUT2D eigenvalue weighted by molar-refractivity contribution is 6.42. The van der Waals surface area contributed by atoms with Crippen LogP contribution in [0.25, 0.3) is 5.69 Å². The highest BCUT2D eigenvalue weighted by Gasteiger charge is 2.15. The van der Waals surface area contributed by atoms with Crippen LogP contribution in [0.5, 0.6) is 0 Å². The molecule has 0 unspecified atom stereocenters. The van der Waals surface area contributed by atoms with Crippen LogP contribution in [-0.2, 0) is 0 Å². The molecule has 1 heterocycles. The number of halogens is 2. The average Bonchev–Trinajstić information content (AvgIpc) is 2.71. The molecule has 1 aromatic heterocycles. The Morgan fingerprint density at radius 3 is 2.69 bits per heavy atom. The van der Waals surface area contributed by atoms with E-state index < -0.39 is 5.97 Å². The van der Waals surface area contributed by atoms with Crippen molar-refractivity contribution in [2.24, 2.45) is 0 Å². The Kier molecular flexibility index (Phi) is 2.76. The third-order valence-electron chi connectivity index (χ3n) is 1.81. The third-order valence-corrected chi connectivity index (χ3v) is 2.55. The maximum atomic E-state index is 10.8. The molecule has 1 aromatic carbocycles. The van der Waals surface area contributed by atoms with Gasteiger partial charge in [-0.15, -0.1) is 5.10 Å². The van der Waals surface area contributed by atoms with Crippen LogP contribution in [0.3, 0.4) is 0 Å². The molecule has 16 heavy (non-hydrogen) atoms. The van der Waals surface area contributed by atoms with E-state index in [2.05, 4.69) is 15.5 Å². The minimum atomic E-state index is -1.23. The predicted molar refractivity (Wildman–Crippen MR) is 56.1 cm³/mol. The zero-order valence-corrected chi connectivity index (χ0v) is 9.14. The number of nitrogens with zero attached hydrogens (tertiary/aromatic N) is 4. The summed E-state index contributed by atoms with van der Waals surface area (Å²) in [6.45, 7) is 0. The van der Waals surface area contributed by atoms with Crippen molar-refractivity contribution in [2.45, 2.75) is 0 Å². The Morgan fingerprint density at radius 2 is 2.06 bits per heavy atom. The number of tetrazole rings is 1. The molecule has 1 N–H and O–H groups in total. The molecular weight excluding hydrogens is 255 g/mol. The number of aromatic nitrogens is 4. The van der Waals surface area contributed by atoms with E-state index in [1.807, 2.05) is 0 Å². The van der Waals surface area contributed by atoms with Crippen LogP contribution in [-0.4, -0.2) is 31.3 Å².